The molecule has 6 heteroatoms. The number of nitrogens with zero attached hydrogens (tertiary/aromatic N) is 1. The Balaban J connectivity index is 1.58. The highest BCUT2D eigenvalue weighted by molar-refractivity contribution is 5.92. The fourth-order valence-electron chi connectivity index (χ4n) is 2.92. The lowest BCUT2D eigenvalue weighted by molar-refractivity contribution is -0.116. The molecule has 1 atom stereocenters. The summed E-state index contributed by atoms with van der Waals surface area (Å²) in [4.78, 5) is 14.4. The van der Waals surface area contributed by atoms with Gasteiger partial charge in [0.25, 0.3) is 0 Å². The van der Waals surface area contributed by atoms with Gasteiger partial charge in [0.05, 0.1) is 7.11 Å². The molecule has 1 aliphatic heterocycles. The number of benzene rings is 2. The first-order chi connectivity index (χ1) is 13.6. The quantitative estimate of drug-likeness (QED) is 0.746. The van der Waals surface area contributed by atoms with E-state index in [1.807, 2.05) is 49.5 Å². The molecular formula is C22H26N2O4. The molecule has 1 heterocycles. The minimum atomic E-state index is -0.151. The summed E-state index contributed by atoms with van der Waals surface area (Å²) in [5.41, 5.74) is 1.92. The van der Waals surface area contributed by atoms with Crippen molar-refractivity contribution in [2.75, 3.05) is 38.8 Å². The third kappa shape index (κ3) is 4.76. The minimum absolute atomic E-state index is 0.151. The predicted molar refractivity (Wildman–Crippen MR) is 110 cm³/mol. The smallest absolute Gasteiger partial charge is 0.244 e. The van der Waals surface area contributed by atoms with Crippen molar-refractivity contribution in [3.05, 3.63) is 54.1 Å². The molecule has 0 aromatic heterocycles. The van der Waals surface area contributed by atoms with Gasteiger partial charge in [0.2, 0.25) is 11.7 Å². The second-order valence-electron chi connectivity index (χ2n) is 6.62. The van der Waals surface area contributed by atoms with Crippen LogP contribution in [0, 0.1) is 0 Å². The molecule has 1 amide bonds. The molecule has 1 unspecified atom stereocenters. The Morgan fingerprint density at radius 3 is 2.75 bits per heavy atom. The number of anilines is 1. The van der Waals surface area contributed by atoms with Crippen molar-refractivity contribution in [3.63, 3.8) is 0 Å². The van der Waals surface area contributed by atoms with Gasteiger partial charge in [-0.2, -0.15) is 0 Å². The molecule has 0 saturated heterocycles. The molecule has 148 valence electrons. The van der Waals surface area contributed by atoms with Gasteiger partial charge in [-0.15, -0.1) is 0 Å². The Morgan fingerprint density at radius 1 is 1.25 bits per heavy atom. The summed E-state index contributed by atoms with van der Waals surface area (Å²) in [5, 5.41) is 2.94. The molecule has 0 fully saturated rings. The molecule has 0 aliphatic carbocycles. The average Bonchev–Trinajstić information content (AvgIpc) is 2.75. The van der Waals surface area contributed by atoms with Crippen LogP contribution >= 0.6 is 0 Å². The molecule has 2 aromatic rings. The van der Waals surface area contributed by atoms with Crippen LogP contribution in [0.2, 0.25) is 0 Å². The van der Waals surface area contributed by atoms with E-state index in [2.05, 4.69) is 17.1 Å². The number of nitrogens with one attached hydrogen (secondary N) is 1. The molecule has 0 bridgehead atoms. The molecule has 28 heavy (non-hydrogen) atoms. The van der Waals surface area contributed by atoms with Gasteiger partial charge in [0.15, 0.2) is 11.5 Å². The summed E-state index contributed by atoms with van der Waals surface area (Å²) in [6, 6.07) is 13.9. The summed E-state index contributed by atoms with van der Waals surface area (Å²) in [6.45, 7) is 3.61. The molecule has 0 radical (unpaired) electrons. The van der Waals surface area contributed by atoms with E-state index in [4.69, 9.17) is 14.2 Å². The topological polar surface area (TPSA) is 60.0 Å². The Morgan fingerprint density at radius 2 is 2.00 bits per heavy atom. The van der Waals surface area contributed by atoms with Gasteiger partial charge in [0, 0.05) is 31.4 Å². The van der Waals surface area contributed by atoms with E-state index in [0.29, 0.717) is 37.0 Å². The van der Waals surface area contributed by atoms with Crippen LogP contribution in [0.3, 0.4) is 0 Å². The zero-order valence-corrected chi connectivity index (χ0v) is 16.5. The number of amides is 1. The average molecular weight is 382 g/mol. The highest BCUT2D eigenvalue weighted by atomic mass is 16.6. The van der Waals surface area contributed by atoms with Crippen molar-refractivity contribution in [2.45, 2.75) is 13.0 Å². The van der Waals surface area contributed by atoms with E-state index < -0.39 is 0 Å². The van der Waals surface area contributed by atoms with E-state index in [9.17, 15) is 4.79 Å². The van der Waals surface area contributed by atoms with Gasteiger partial charge in [-0.05, 0) is 42.8 Å². The zero-order chi connectivity index (χ0) is 19.9. The molecule has 1 N–H and O–H groups in total. The molecule has 6 nitrogen and oxygen atoms in total. The molecule has 2 aromatic carbocycles. The maximum absolute atomic E-state index is 12.2. The first-order valence-corrected chi connectivity index (χ1v) is 9.30. The van der Waals surface area contributed by atoms with Gasteiger partial charge in [-0.3, -0.25) is 4.79 Å². The van der Waals surface area contributed by atoms with Crippen LogP contribution in [0.5, 0.6) is 17.2 Å². The minimum Gasteiger partial charge on any atom is -0.493 e. The Bertz CT molecular complexity index is 819. The van der Waals surface area contributed by atoms with Crippen molar-refractivity contribution < 1.29 is 19.0 Å². The largest absolute Gasteiger partial charge is 0.493 e. The molecule has 0 saturated carbocycles. The van der Waals surface area contributed by atoms with Crippen molar-refractivity contribution in [1.29, 1.82) is 0 Å². The lowest BCUT2D eigenvalue weighted by Crippen LogP contribution is -2.39. The lowest BCUT2D eigenvalue weighted by atomic mass is 10.1. The van der Waals surface area contributed by atoms with Gasteiger partial charge < -0.3 is 24.4 Å². The number of ether oxygens (including phenoxy) is 3. The van der Waals surface area contributed by atoms with Crippen molar-refractivity contribution in [1.82, 2.24) is 5.32 Å². The van der Waals surface area contributed by atoms with Gasteiger partial charge in [0.1, 0.15) is 13.2 Å². The van der Waals surface area contributed by atoms with Crippen LogP contribution in [0.1, 0.15) is 12.5 Å². The fraction of sp³-hybridized carbons (Fsp3) is 0.318. The maximum Gasteiger partial charge on any atom is 0.244 e. The molecular weight excluding hydrogens is 356 g/mol. The maximum atomic E-state index is 12.2. The highest BCUT2D eigenvalue weighted by Crippen LogP contribution is 2.40. The van der Waals surface area contributed by atoms with Crippen LogP contribution in [-0.4, -0.2) is 45.9 Å². The van der Waals surface area contributed by atoms with Crippen LogP contribution in [-0.2, 0) is 4.79 Å². The second kappa shape index (κ2) is 9.17. The number of hydrogen-bond acceptors (Lipinski definition) is 5. The molecule has 0 spiro atoms. The second-order valence-corrected chi connectivity index (χ2v) is 6.62. The zero-order valence-electron chi connectivity index (χ0n) is 16.5. The van der Waals surface area contributed by atoms with Crippen LogP contribution < -0.4 is 24.4 Å². The summed E-state index contributed by atoms with van der Waals surface area (Å²) < 4.78 is 16.6. The number of para-hydroxylation sites is 1. The van der Waals surface area contributed by atoms with E-state index in [1.165, 1.54) is 6.08 Å². The summed E-state index contributed by atoms with van der Waals surface area (Å²) in [6.07, 6.45) is 3.25. The first-order valence-electron chi connectivity index (χ1n) is 9.30. The summed E-state index contributed by atoms with van der Waals surface area (Å²) in [7, 11) is 3.60. The van der Waals surface area contributed by atoms with Crippen molar-refractivity contribution >= 4 is 17.7 Å². The Hall–Kier alpha value is -3.15. The summed E-state index contributed by atoms with van der Waals surface area (Å²) in [5.74, 6) is 1.68. The number of hydrogen-bond donors (Lipinski definition) is 1. The third-order valence-electron chi connectivity index (χ3n) is 4.67. The normalized spacial score (nSPS) is 13.8. The SMILES string of the molecule is COc1cc(/C=C/C(=O)NCC(C)N(C)c2ccccc2)cc2c1OCCO2. The van der Waals surface area contributed by atoms with Crippen molar-refractivity contribution in [3.8, 4) is 17.2 Å². The van der Waals surface area contributed by atoms with Gasteiger partial charge in [-0.1, -0.05) is 18.2 Å². The fourth-order valence-corrected chi connectivity index (χ4v) is 2.92. The number of fused-ring (bicyclic) bond motifs is 1. The number of rotatable bonds is 7. The number of carbonyl (C=O) groups excluding carboxylic acids is 1. The van der Waals surface area contributed by atoms with Crippen molar-refractivity contribution in [2.24, 2.45) is 0 Å². The van der Waals surface area contributed by atoms with E-state index >= 15 is 0 Å². The van der Waals surface area contributed by atoms with Crippen LogP contribution in [0.4, 0.5) is 5.69 Å². The first kappa shape index (κ1) is 19.6. The highest BCUT2D eigenvalue weighted by Gasteiger charge is 2.18. The number of likely N-dealkylation sites (N-methyl/N-ethyl adjacent to an activating group) is 1. The standard InChI is InChI=1S/C22H26N2O4/c1-16(24(2)18-7-5-4-6-8-18)15-23-21(25)10-9-17-13-19(26-3)22-20(14-17)27-11-12-28-22/h4-10,13-14,16H,11-12,15H2,1-3H3,(H,23,25)/b10-9+. The Kier molecular flexibility index (Phi) is 6.42. The van der Waals surface area contributed by atoms with Gasteiger partial charge in [-0.25, -0.2) is 0 Å². The molecule has 1 aliphatic rings. The Labute approximate surface area is 165 Å². The predicted octanol–water partition coefficient (Wildman–Crippen LogP) is 3.12. The lowest BCUT2D eigenvalue weighted by Gasteiger charge is -2.27. The van der Waals surface area contributed by atoms with Gasteiger partial charge >= 0.3 is 0 Å². The monoisotopic (exact) mass is 382 g/mol. The molecule has 3 rings (SSSR count). The number of methoxy groups -OCH3 is 1. The van der Waals surface area contributed by atoms with Crippen LogP contribution in [0.15, 0.2) is 48.5 Å². The van der Waals surface area contributed by atoms with E-state index in [1.54, 1.807) is 13.2 Å². The number of carbonyl (C=O) groups is 1. The van der Waals surface area contributed by atoms with Crippen LogP contribution in [0.25, 0.3) is 6.08 Å². The van der Waals surface area contributed by atoms with E-state index in [0.717, 1.165) is 11.3 Å². The third-order valence-corrected chi connectivity index (χ3v) is 4.67. The summed E-state index contributed by atoms with van der Waals surface area (Å²) >= 11 is 0. The van der Waals surface area contributed by atoms with E-state index in [-0.39, 0.29) is 11.9 Å².